The molecule has 180 valence electrons. The SMILES string of the molecule is COc1ccc2nc(Cl)c(CN(Cc3cccc(C)c3)C(=O)c3ccc(C(C)(C)C)cc3)cc2c1. The number of pyridine rings is 1. The summed E-state index contributed by atoms with van der Waals surface area (Å²) in [5.41, 5.74) is 5.66. The molecule has 0 unspecified atom stereocenters. The number of aromatic nitrogens is 1. The number of rotatable bonds is 6. The number of hydrogen-bond donors (Lipinski definition) is 0. The summed E-state index contributed by atoms with van der Waals surface area (Å²) in [5.74, 6) is 0.702. The fourth-order valence-corrected chi connectivity index (χ4v) is 4.35. The summed E-state index contributed by atoms with van der Waals surface area (Å²) >= 11 is 6.59. The van der Waals surface area contributed by atoms with E-state index in [4.69, 9.17) is 16.3 Å². The van der Waals surface area contributed by atoms with Crippen molar-refractivity contribution in [3.05, 3.63) is 106 Å². The maximum Gasteiger partial charge on any atom is 0.254 e. The van der Waals surface area contributed by atoms with Crippen LogP contribution < -0.4 is 4.74 Å². The van der Waals surface area contributed by atoms with Gasteiger partial charge in [-0.25, -0.2) is 4.98 Å². The molecule has 35 heavy (non-hydrogen) atoms. The number of halogens is 1. The van der Waals surface area contributed by atoms with Gasteiger partial charge in [0.2, 0.25) is 0 Å². The number of methoxy groups -OCH3 is 1. The normalized spacial score (nSPS) is 11.5. The third-order valence-electron chi connectivity index (χ3n) is 6.15. The Morgan fingerprint density at radius 3 is 2.37 bits per heavy atom. The molecule has 0 N–H and O–H groups in total. The minimum absolute atomic E-state index is 0.0220. The quantitative estimate of drug-likeness (QED) is 0.267. The Kier molecular flexibility index (Phi) is 7.13. The van der Waals surface area contributed by atoms with Crippen molar-refractivity contribution in [2.75, 3.05) is 7.11 Å². The van der Waals surface area contributed by atoms with Gasteiger partial charge >= 0.3 is 0 Å². The molecule has 4 aromatic rings. The zero-order chi connectivity index (χ0) is 25.2. The fraction of sp³-hybridized carbons (Fsp3) is 0.267. The predicted octanol–water partition coefficient (Wildman–Crippen LogP) is 7.35. The summed E-state index contributed by atoms with van der Waals surface area (Å²) < 4.78 is 5.37. The average Bonchev–Trinajstić information content (AvgIpc) is 2.83. The van der Waals surface area contributed by atoms with Crippen molar-refractivity contribution in [3.63, 3.8) is 0 Å². The summed E-state index contributed by atoms with van der Waals surface area (Å²) in [5, 5.41) is 1.31. The smallest absolute Gasteiger partial charge is 0.254 e. The molecule has 0 saturated carbocycles. The largest absolute Gasteiger partial charge is 0.497 e. The van der Waals surface area contributed by atoms with Gasteiger partial charge < -0.3 is 9.64 Å². The number of fused-ring (bicyclic) bond motifs is 1. The van der Waals surface area contributed by atoms with Gasteiger partial charge in [-0.2, -0.15) is 0 Å². The molecule has 1 aromatic heterocycles. The second-order valence-corrected chi connectivity index (χ2v) is 10.3. The molecule has 3 aromatic carbocycles. The number of aryl methyl sites for hydroxylation is 1. The monoisotopic (exact) mass is 486 g/mol. The molecule has 1 amide bonds. The summed E-state index contributed by atoms with van der Waals surface area (Å²) in [6.07, 6.45) is 0. The molecule has 0 fully saturated rings. The van der Waals surface area contributed by atoms with E-state index in [-0.39, 0.29) is 11.3 Å². The number of carbonyl (C=O) groups is 1. The van der Waals surface area contributed by atoms with E-state index in [0.29, 0.717) is 23.8 Å². The lowest BCUT2D eigenvalue weighted by atomic mass is 9.86. The summed E-state index contributed by atoms with van der Waals surface area (Å²) in [6.45, 7) is 9.35. The minimum atomic E-state index is -0.0474. The highest BCUT2D eigenvalue weighted by Gasteiger charge is 2.20. The number of hydrogen-bond acceptors (Lipinski definition) is 3. The maximum absolute atomic E-state index is 13.7. The van der Waals surface area contributed by atoms with Crippen LogP contribution in [-0.2, 0) is 18.5 Å². The topological polar surface area (TPSA) is 42.4 Å². The van der Waals surface area contributed by atoms with Crippen LogP contribution in [0.15, 0.2) is 72.8 Å². The van der Waals surface area contributed by atoms with Gasteiger partial charge in [0.05, 0.1) is 12.6 Å². The zero-order valence-corrected chi connectivity index (χ0v) is 21.7. The van der Waals surface area contributed by atoms with Crippen LogP contribution in [-0.4, -0.2) is 22.9 Å². The highest BCUT2D eigenvalue weighted by atomic mass is 35.5. The third-order valence-corrected chi connectivity index (χ3v) is 6.48. The zero-order valence-electron chi connectivity index (χ0n) is 20.9. The molecule has 0 aliphatic rings. The lowest BCUT2D eigenvalue weighted by Gasteiger charge is -2.25. The molecule has 0 saturated heterocycles. The lowest BCUT2D eigenvalue weighted by Crippen LogP contribution is -2.30. The van der Waals surface area contributed by atoms with E-state index in [2.05, 4.69) is 44.8 Å². The molecule has 0 aliphatic heterocycles. The highest BCUT2D eigenvalue weighted by Crippen LogP contribution is 2.27. The van der Waals surface area contributed by atoms with Crippen molar-refractivity contribution in [1.82, 2.24) is 9.88 Å². The van der Waals surface area contributed by atoms with Crippen molar-refractivity contribution in [3.8, 4) is 5.75 Å². The Balaban J connectivity index is 1.70. The van der Waals surface area contributed by atoms with E-state index in [1.54, 1.807) is 7.11 Å². The molecule has 0 bridgehead atoms. The van der Waals surface area contributed by atoms with Gasteiger partial charge in [-0.05, 0) is 59.9 Å². The van der Waals surface area contributed by atoms with Crippen LogP contribution >= 0.6 is 11.6 Å². The molecular weight excluding hydrogens is 456 g/mol. The molecule has 4 rings (SSSR count). The van der Waals surface area contributed by atoms with Crippen LogP contribution in [0.3, 0.4) is 0 Å². The van der Waals surface area contributed by atoms with Crippen LogP contribution in [0.1, 0.15) is 53.4 Å². The van der Waals surface area contributed by atoms with Crippen LogP contribution in [0.2, 0.25) is 5.15 Å². The van der Waals surface area contributed by atoms with Crippen molar-refractivity contribution in [2.24, 2.45) is 0 Å². The Bertz CT molecular complexity index is 1360. The summed E-state index contributed by atoms with van der Waals surface area (Å²) in [6, 6.07) is 23.8. The average molecular weight is 487 g/mol. The Hall–Kier alpha value is -3.37. The molecular formula is C30H31ClN2O2. The number of nitrogens with zero attached hydrogens (tertiary/aromatic N) is 2. The predicted molar refractivity (Wildman–Crippen MR) is 143 cm³/mol. The highest BCUT2D eigenvalue weighted by molar-refractivity contribution is 6.30. The second kappa shape index (κ2) is 10.1. The van der Waals surface area contributed by atoms with E-state index >= 15 is 0 Å². The molecule has 1 heterocycles. The maximum atomic E-state index is 13.7. The van der Waals surface area contributed by atoms with Gasteiger partial charge in [0.1, 0.15) is 10.9 Å². The number of amides is 1. The van der Waals surface area contributed by atoms with Crippen LogP contribution in [0.5, 0.6) is 5.75 Å². The number of ether oxygens (including phenoxy) is 1. The standard InChI is InChI=1S/C30H31ClN2O2/c1-20-7-6-8-21(15-20)18-33(29(34)22-9-11-25(12-10-22)30(2,3)4)19-24-16-23-17-26(35-5)13-14-27(23)32-28(24)31/h6-17H,18-19H2,1-5H3. The third kappa shape index (κ3) is 5.83. The molecule has 0 aliphatic carbocycles. The van der Waals surface area contributed by atoms with E-state index in [1.165, 1.54) is 5.56 Å². The van der Waals surface area contributed by atoms with Gasteiger partial charge in [-0.3, -0.25) is 4.79 Å². The van der Waals surface area contributed by atoms with Crippen molar-refractivity contribution in [2.45, 2.75) is 46.2 Å². The first kappa shape index (κ1) is 24.7. The Labute approximate surface area is 212 Å². The van der Waals surface area contributed by atoms with Crippen molar-refractivity contribution in [1.29, 1.82) is 0 Å². The van der Waals surface area contributed by atoms with Crippen molar-refractivity contribution >= 4 is 28.4 Å². The Morgan fingerprint density at radius 2 is 1.71 bits per heavy atom. The van der Waals surface area contributed by atoms with Crippen LogP contribution in [0, 0.1) is 6.92 Å². The van der Waals surface area contributed by atoms with E-state index in [0.717, 1.165) is 33.3 Å². The van der Waals surface area contributed by atoms with E-state index in [1.807, 2.05) is 65.6 Å². The van der Waals surface area contributed by atoms with Crippen LogP contribution in [0.4, 0.5) is 0 Å². The van der Waals surface area contributed by atoms with Gasteiger partial charge in [0.25, 0.3) is 5.91 Å². The molecule has 0 spiro atoms. The summed E-state index contributed by atoms with van der Waals surface area (Å²) in [4.78, 5) is 20.1. The Morgan fingerprint density at radius 1 is 0.971 bits per heavy atom. The van der Waals surface area contributed by atoms with E-state index < -0.39 is 0 Å². The molecule has 0 radical (unpaired) electrons. The van der Waals surface area contributed by atoms with Gasteiger partial charge in [-0.1, -0.05) is 74.3 Å². The minimum Gasteiger partial charge on any atom is -0.497 e. The fourth-order valence-electron chi connectivity index (χ4n) is 4.14. The first-order valence-corrected chi connectivity index (χ1v) is 12.1. The first-order valence-electron chi connectivity index (χ1n) is 11.7. The van der Waals surface area contributed by atoms with Crippen molar-refractivity contribution < 1.29 is 9.53 Å². The summed E-state index contributed by atoms with van der Waals surface area (Å²) in [7, 11) is 1.64. The van der Waals surface area contributed by atoms with Gasteiger partial charge in [0, 0.05) is 29.6 Å². The van der Waals surface area contributed by atoms with Gasteiger partial charge in [-0.15, -0.1) is 0 Å². The first-order chi connectivity index (χ1) is 16.6. The number of carbonyl (C=O) groups excluding carboxylic acids is 1. The second-order valence-electron chi connectivity index (χ2n) is 9.97. The number of benzene rings is 3. The van der Waals surface area contributed by atoms with E-state index in [9.17, 15) is 4.79 Å². The lowest BCUT2D eigenvalue weighted by molar-refractivity contribution is 0.0730. The van der Waals surface area contributed by atoms with Gasteiger partial charge in [0.15, 0.2) is 0 Å². The molecule has 0 atom stereocenters. The molecule has 5 heteroatoms. The van der Waals surface area contributed by atoms with Crippen LogP contribution in [0.25, 0.3) is 10.9 Å². The molecule has 4 nitrogen and oxygen atoms in total.